The van der Waals surface area contributed by atoms with Gasteiger partial charge in [0.2, 0.25) is 0 Å². The molecule has 16 heavy (non-hydrogen) atoms. The van der Waals surface area contributed by atoms with E-state index in [4.69, 9.17) is 0 Å². The largest absolute Gasteiger partial charge is 0.307 e. The quantitative estimate of drug-likeness (QED) is 0.460. The molecule has 0 radical (unpaired) electrons. The molecule has 0 aromatic carbocycles. The molecule has 0 amide bonds. The van der Waals surface area contributed by atoms with E-state index in [1.54, 1.807) is 11.4 Å². The molecule has 0 aliphatic carbocycles. The molecule has 0 saturated heterocycles. The van der Waals surface area contributed by atoms with E-state index >= 15 is 0 Å². The molecule has 0 saturated carbocycles. The van der Waals surface area contributed by atoms with Crippen LogP contribution in [0.25, 0.3) is 0 Å². The second-order valence-corrected chi connectivity index (χ2v) is 4.11. The van der Waals surface area contributed by atoms with Crippen molar-refractivity contribution in [3.8, 4) is 0 Å². The Morgan fingerprint density at radius 2 is 2.44 bits per heavy atom. The first-order chi connectivity index (χ1) is 7.69. The molecular formula is C9H7N3O3S. The van der Waals surface area contributed by atoms with Gasteiger partial charge in [-0.05, 0) is 6.07 Å². The lowest BCUT2D eigenvalue weighted by Crippen LogP contribution is -1.97. The maximum Gasteiger partial charge on any atom is 0.307 e. The SMILES string of the molecule is O=Cc1csc(Cn2cc([N+](=O)[O-])cn2)c1. The molecule has 2 aromatic rings. The zero-order valence-corrected chi connectivity index (χ0v) is 8.88. The minimum absolute atomic E-state index is 0.0350. The van der Waals surface area contributed by atoms with Gasteiger partial charge >= 0.3 is 5.69 Å². The zero-order valence-electron chi connectivity index (χ0n) is 8.07. The lowest BCUT2D eigenvalue weighted by Gasteiger charge is -1.95. The fraction of sp³-hybridized carbons (Fsp3) is 0.111. The van der Waals surface area contributed by atoms with Crippen molar-refractivity contribution in [2.24, 2.45) is 0 Å². The molecule has 2 heterocycles. The Labute approximate surface area is 94.3 Å². The van der Waals surface area contributed by atoms with Gasteiger partial charge < -0.3 is 0 Å². The molecule has 2 aromatic heterocycles. The van der Waals surface area contributed by atoms with E-state index in [2.05, 4.69) is 5.10 Å². The van der Waals surface area contributed by atoms with Crippen molar-refractivity contribution >= 4 is 23.3 Å². The number of thiophene rings is 1. The second-order valence-electron chi connectivity index (χ2n) is 3.12. The molecule has 82 valence electrons. The standard InChI is InChI=1S/C9H7N3O3S/c13-5-7-1-9(16-6-7)4-11-3-8(2-10-11)12(14)15/h1-3,5-6H,4H2. The summed E-state index contributed by atoms with van der Waals surface area (Å²) in [6, 6.07) is 1.74. The highest BCUT2D eigenvalue weighted by atomic mass is 32.1. The van der Waals surface area contributed by atoms with Crippen molar-refractivity contribution in [2.45, 2.75) is 6.54 Å². The van der Waals surface area contributed by atoms with Crippen molar-refractivity contribution in [2.75, 3.05) is 0 Å². The molecule has 7 heteroatoms. The van der Waals surface area contributed by atoms with Crippen LogP contribution in [0.2, 0.25) is 0 Å². The minimum atomic E-state index is -0.491. The summed E-state index contributed by atoms with van der Waals surface area (Å²) in [5.74, 6) is 0. The van der Waals surface area contributed by atoms with Gasteiger partial charge in [0.1, 0.15) is 12.4 Å². The van der Waals surface area contributed by atoms with Gasteiger partial charge in [0.25, 0.3) is 0 Å². The summed E-state index contributed by atoms with van der Waals surface area (Å²) in [5.41, 5.74) is 0.578. The molecule has 0 fully saturated rings. The van der Waals surface area contributed by atoms with Gasteiger partial charge in [0.05, 0.1) is 11.5 Å². The number of aromatic nitrogens is 2. The van der Waals surface area contributed by atoms with E-state index in [1.165, 1.54) is 28.4 Å². The van der Waals surface area contributed by atoms with Crippen LogP contribution < -0.4 is 0 Å². The Kier molecular flexibility index (Phi) is 2.78. The lowest BCUT2D eigenvalue weighted by molar-refractivity contribution is -0.385. The molecule has 2 rings (SSSR count). The van der Waals surface area contributed by atoms with Crippen LogP contribution in [0, 0.1) is 10.1 Å². The predicted octanol–water partition coefficient (Wildman–Crippen LogP) is 1.71. The second kappa shape index (κ2) is 4.23. The van der Waals surface area contributed by atoms with Gasteiger partial charge in [-0.25, -0.2) is 0 Å². The van der Waals surface area contributed by atoms with Crippen LogP contribution >= 0.6 is 11.3 Å². The van der Waals surface area contributed by atoms with Crippen molar-refractivity contribution in [1.29, 1.82) is 0 Å². The predicted molar refractivity (Wildman–Crippen MR) is 57.7 cm³/mol. The molecule has 6 nitrogen and oxygen atoms in total. The fourth-order valence-corrected chi connectivity index (χ4v) is 2.06. The summed E-state index contributed by atoms with van der Waals surface area (Å²) in [4.78, 5) is 21.3. The number of hydrogen-bond donors (Lipinski definition) is 0. The van der Waals surface area contributed by atoms with Gasteiger partial charge in [0.15, 0.2) is 6.29 Å². The van der Waals surface area contributed by atoms with Crippen LogP contribution in [-0.4, -0.2) is 21.0 Å². The molecule has 0 aliphatic rings. The third kappa shape index (κ3) is 2.14. The fourth-order valence-electron chi connectivity index (χ4n) is 1.24. The zero-order chi connectivity index (χ0) is 11.5. The normalized spacial score (nSPS) is 10.2. The van der Waals surface area contributed by atoms with Gasteiger partial charge in [-0.1, -0.05) is 0 Å². The maximum atomic E-state index is 10.5. The number of nitrogens with zero attached hydrogens (tertiary/aromatic N) is 3. The first-order valence-electron chi connectivity index (χ1n) is 4.38. The summed E-state index contributed by atoms with van der Waals surface area (Å²) in [7, 11) is 0. The van der Waals surface area contributed by atoms with Crippen LogP contribution in [0.5, 0.6) is 0 Å². The van der Waals surface area contributed by atoms with Crippen LogP contribution in [0.1, 0.15) is 15.2 Å². The Bertz CT molecular complexity index is 532. The van der Waals surface area contributed by atoms with Crippen LogP contribution in [-0.2, 0) is 6.54 Å². The highest BCUT2D eigenvalue weighted by Gasteiger charge is 2.09. The lowest BCUT2D eigenvalue weighted by atomic mass is 10.3. The number of rotatable bonds is 4. The monoisotopic (exact) mass is 237 g/mol. The Morgan fingerprint density at radius 1 is 1.62 bits per heavy atom. The third-order valence-electron chi connectivity index (χ3n) is 1.96. The highest BCUT2D eigenvalue weighted by molar-refractivity contribution is 7.10. The van der Waals surface area contributed by atoms with Gasteiger partial charge in [-0.15, -0.1) is 11.3 Å². The number of aldehydes is 1. The van der Waals surface area contributed by atoms with E-state index in [9.17, 15) is 14.9 Å². The van der Waals surface area contributed by atoms with E-state index < -0.39 is 4.92 Å². The molecule has 0 unspecified atom stereocenters. The van der Waals surface area contributed by atoms with E-state index in [0.29, 0.717) is 12.1 Å². The molecular weight excluding hydrogens is 230 g/mol. The average molecular weight is 237 g/mol. The Morgan fingerprint density at radius 3 is 3.00 bits per heavy atom. The Balaban J connectivity index is 2.13. The summed E-state index contributed by atoms with van der Waals surface area (Å²) in [5, 5.41) is 16.0. The molecule has 0 aliphatic heterocycles. The maximum absolute atomic E-state index is 10.5. The molecule has 0 spiro atoms. The van der Waals surface area contributed by atoms with Crippen molar-refractivity contribution < 1.29 is 9.72 Å². The van der Waals surface area contributed by atoms with Crippen molar-refractivity contribution in [3.05, 3.63) is 44.4 Å². The summed E-state index contributed by atoms with van der Waals surface area (Å²) >= 11 is 1.42. The van der Waals surface area contributed by atoms with Gasteiger partial charge in [-0.2, -0.15) is 5.10 Å². The van der Waals surface area contributed by atoms with Gasteiger partial charge in [0, 0.05) is 15.8 Å². The number of hydrogen-bond acceptors (Lipinski definition) is 5. The molecule has 0 N–H and O–H groups in total. The molecule has 0 bridgehead atoms. The van der Waals surface area contributed by atoms with Gasteiger partial charge in [-0.3, -0.25) is 19.6 Å². The first kappa shape index (κ1) is 10.5. The number of carbonyl (C=O) groups excluding carboxylic acids is 1. The molecule has 0 atom stereocenters. The van der Waals surface area contributed by atoms with E-state index in [0.717, 1.165) is 11.2 Å². The minimum Gasteiger partial charge on any atom is -0.298 e. The topological polar surface area (TPSA) is 78.0 Å². The van der Waals surface area contributed by atoms with Crippen LogP contribution in [0.4, 0.5) is 5.69 Å². The number of carbonyl (C=O) groups is 1. The van der Waals surface area contributed by atoms with Crippen LogP contribution in [0.3, 0.4) is 0 Å². The third-order valence-corrected chi connectivity index (χ3v) is 2.90. The Hall–Kier alpha value is -2.02. The number of nitro groups is 1. The van der Waals surface area contributed by atoms with E-state index in [-0.39, 0.29) is 5.69 Å². The van der Waals surface area contributed by atoms with Crippen LogP contribution in [0.15, 0.2) is 23.8 Å². The highest BCUT2D eigenvalue weighted by Crippen LogP contribution is 2.16. The average Bonchev–Trinajstić information content (AvgIpc) is 2.87. The summed E-state index contributed by atoms with van der Waals surface area (Å²) in [6.45, 7) is 0.437. The van der Waals surface area contributed by atoms with E-state index in [1.807, 2.05) is 0 Å². The van der Waals surface area contributed by atoms with Crippen molar-refractivity contribution in [3.63, 3.8) is 0 Å². The summed E-state index contributed by atoms with van der Waals surface area (Å²) < 4.78 is 1.47. The van der Waals surface area contributed by atoms with Crippen molar-refractivity contribution in [1.82, 2.24) is 9.78 Å². The smallest absolute Gasteiger partial charge is 0.298 e. The first-order valence-corrected chi connectivity index (χ1v) is 5.26. The summed E-state index contributed by atoms with van der Waals surface area (Å²) in [6.07, 6.45) is 3.33.